The molecule has 0 fully saturated rings. The van der Waals surface area contributed by atoms with Gasteiger partial charge in [0.15, 0.2) is 0 Å². The Morgan fingerprint density at radius 3 is 3.00 bits per heavy atom. The lowest BCUT2D eigenvalue weighted by molar-refractivity contribution is 0.0562. The van der Waals surface area contributed by atoms with Crippen LogP contribution < -0.4 is 5.32 Å². The van der Waals surface area contributed by atoms with E-state index in [1.807, 2.05) is 20.0 Å². The predicted molar refractivity (Wildman–Crippen MR) is 72.2 cm³/mol. The molecule has 2 rings (SSSR count). The zero-order valence-electron chi connectivity index (χ0n) is 11.1. The van der Waals surface area contributed by atoms with Crippen LogP contribution >= 0.6 is 11.3 Å². The van der Waals surface area contributed by atoms with E-state index in [1.165, 1.54) is 12.0 Å². The van der Waals surface area contributed by atoms with E-state index in [-0.39, 0.29) is 11.8 Å². The van der Waals surface area contributed by atoms with E-state index in [9.17, 15) is 4.79 Å². The highest BCUT2D eigenvalue weighted by atomic mass is 32.1. The van der Waals surface area contributed by atoms with Gasteiger partial charge < -0.3 is 14.5 Å². The zero-order chi connectivity index (χ0) is 13.8. The summed E-state index contributed by atoms with van der Waals surface area (Å²) in [6.45, 7) is 4.68. The second-order valence-corrected chi connectivity index (χ2v) is 5.46. The Morgan fingerprint density at radius 2 is 2.37 bits per heavy atom. The van der Waals surface area contributed by atoms with Gasteiger partial charge in [0.2, 0.25) is 5.76 Å². The van der Waals surface area contributed by atoms with Crippen LogP contribution in [0.4, 0.5) is 0 Å². The van der Waals surface area contributed by atoms with E-state index >= 15 is 0 Å². The third-order valence-electron chi connectivity index (χ3n) is 2.69. The molecule has 0 bridgehead atoms. The molecule has 0 spiro atoms. The van der Waals surface area contributed by atoms with Crippen LogP contribution in [0.2, 0.25) is 0 Å². The van der Waals surface area contributed by atoms with Crippen LogP contribution in [-0.2, 0) is 11.3 Å². The molecule has 2 aromatic rings. The summed E-state index contributed by atoms with van der Waals surface area (Å²) in [5, 5.41) is 4.37. The number of ether oxygens (including phenoxy) is 1. The molecule has 2 heterocycles. The number of methoxy groups -OCH3 is 1. The van der Waals surface area contributed by atoms with Crippen LogP contribution in [-0.4, -0.2) is 18.1 Å². The van der Waals surface area contributed by atoms with Crippen molar-refractivity contribution in [3.8, 4) is 0 Å². The van der Waals surface area contributed by atoms with Gasteiger partial charge >= 0.3 is 5.97 Å². The summed E-state index contributed by atoms with van der Waals surface area (Å²) in [7, 11) is 1.33. The van der Waals surface area contributed by atoms with Gasteiger partial charge in [0.1, 0.15) is 5.76 Å². The van der Waals surface area contributed by atoms with E-state index in [0.717, 1.165) is 11.6 Å². The van der Waals surface area contributed by atoms with Gasteiger partial charge in [-0.3, -0.25) is 0 Å². The van der Waals surface area contributed by atoms with Gasteiger partial charge in [-0.15, -0.1) is 11.3 Å². The van der Waals surface area contributed by atoms with Crippen molar-refractivity contribution in [3.05, 3.63) is 39.7 Å². The van der Waals surface area contributed by atoms with Crippen LogP contribution in [0.3, 0.4) is 0 Å². The van der Waals surface area contributed by atoms with Crippen LogP contribution in [0.25, 0.3) is 0 Å². The maximum atomic E-state index is 11.3. The summed E-state index contributed by atoms with van der Waals surface area (Å²) < 4.78 is 10.0. The highest BCUT2D eigenvalue weighted by Crippen LogP contribution is 2.18. The minimum Gasteiger partial charge on any atom is -0.463 e. The van der Waals surface area contributed by atoms with Gasteiger partial charge in [0, 0.05) is 17.6 Å². The molecule has 0 aliphatic carbocycles. The van der Waals surface area contributed by atoms with Crippen LogP contribution in [0.5, 0.6) is 0 Å². The number of furan rings is 1. The molecule has 0 amide bonds. The Labute approximate surface area is 115 Å². The minimum absolute atomic E-state index is 0.0146. The maximum absolute atomic E-state index is 11.3. The summed E-state index contributed by atoms with van der Waals surface area (Å²) in [5.74, 6) is 0.470. The first-order valence-corrected chi connectivity index (χ1v) is 6.74. The van der Waals surface area contributed by atoms with Crippen LogP contribution in [0.1, 0.15) is 39.2 Å². The molecule has 1 N–H and O–H groups in total. The molecule has 1 unspecified atom stereocenters. The van der Waals surface area contributed by atoms with E-state index < -0.39 is 5.97 Å². The fourth-order valence-corrected chi connectivity index (χ4v) is 2.38. The first-order chi connectivity index (χ1) is 9.10. The van der Waals surface area contributed by atoms with Gasteiger partial charge in [-0.2, -0.15) is 0 Å². The van der Waals surface area contributed by atoms with Gasteiger partial charge in [0.25, 0.3) is 0 Å². The number of aromatic nitrogens is 1. The number of esters is 1. The molecular formula is C13H16N2O3S. The number of thiazole rings is 1. The standard InChI is InChI=1S/C13H16N2O3S/c1-8(14-6-10-7-15-9(2)19-10)11-4-5-12(18-11)13(16)17-3/h4-5,7-8,14H,6H2,1-3H3. The van der Waals surface area contributed by atoms with Gasteiger partial charge in [-0.25, -0.2) is 9.78 Å². The monoisotopic (exact) mass is 280 g/mol. The van der Waals surface area contributed by atoms with Crippen molar-refractivity contribution in [2.75, 3.05) is 7.11 Å². The number of carbonyl (C=O) groups is 1. The molecule has 19 heavy (non-hydrogen) atoms. The molecule has 5 nitrogen and oxygen atoms in total. The van der Waals surface area contributed by atoms with E-state index in [2.05, 4.69) is 15.0 Å². The van der Waals surface area contributed by atoms with Gasteiger partial charge in [-0.1, -0.05) is 0 Å². The number of nitrogens with one attached hydrogen (secondary N) is 1. The quantitative estimate of drug-likeness (QED) is 0.853. The maximum Gasteiger partial charge on any atom is 0.373 e. The average molecular weight is 280 g/mol. The fraction of sp³-hybridized carbons (Fsp3) is 0.385. The third kappa shape index (κ3) is 3.42. The lowest BCUT2D eigenvalue weighted by Gasteiger charge is -2.09. The van der Waals surface area contributed by atoms with Crippen molar-refractivity contribution in [3.63, 3.8) is 0 Å². The summed E-state index contributed by atoms with van der Waals surface area (Å²) in [6, 6.07) is 3.42. The highest BCUT2D eigenvalue weighted by Gasteiger charge is 2.15. The average Bonchev–Trinajstić information content (AvgIpc) is 3.04. The fourth-order valence-electron chi connectivity index (χ4n) is 1.64. The van der Waals surface area contributed by atoms with Crippen molar-refractivity contribution in [2.45, 2.75) is 26.4 Å². The number of aryl methyl sites for hydroxylation is 1. The molecule has 0 aromatic carbocycles. The zero-order valence-corrected chi connectivity index (χ0v) is 11.9. The molecule has 0 aliphatic heterocycles. The van der Waals surface area contributed by atoms with E-state index in [4.69, 9.17) is 4.42 Å². The number of hydrogen-bond acceptors (Lipinski definition) is 6. The molecule has 2 aromatic heterocycles. The number of hydrogen-bond donors (Lipinski definition) is 1. The van der Waals surface area contributed by atoms with Crippen LogP contribution in [0, 0.1) is 6.92 Å². The van der Waals surface area contributed by atoms with Crippen molar-refractivity contribution in [1.82, 2.24) is 10.3 Å². The van der Waals surface area contributed by atoms with Crippen molar-refractivity contribution < 1.29 is 13.9 Å². The summed E-state index contributed by atoms with van der Waals surface area (Å²) in [4.78, 5) is 16.7. The summed E-state index contributed by atoms with van der Waals surface area (Å²) in [6.07, 6.45) is 1.86. The largest absolute Gasteiger partial charge is 0.463 e. The normalized spacial score (nSPS) is 12.4. The van der Waals surface area contributed by atoms with Crippen molar-refractivity contribution >= 4 is 17.3 Å². The minimum atomic E-state index is -0.462. The first-order valence-electron chi connectivity index (χ1n) is 5.93. The smallest absolute Gasteiger partial charge is 0.373 e. The number of carbonyl (C=O) groups excluding carboxylic acids is 1. The summed E-state index contributed by atoms with van der Waals surface area (Å²) >= 11 is 1.66. The van der Waals surface area contributed by atoms with Gasteiger partial charge in [0.05, 0.1) is 18.2 Å². The molecular weight excluding hydrogens is 264 g/mol. The molecule has 1 atom stereocenters. The first kappa shape index (κ1) is 13.8. The molecule has 0 saturated heterocycles. The van der Waals surface area contributed by atoms with E-state index in [0.29, 0.717) is 5.76 Å². The lowest BCUT2D eigenvalue weighted by atomic mass is 10.2. The Morgan fingerprint density at radius 1 is 1.58 bits per heavy atom. The topological polar surface area (TPSA) is 64.4 Å². The predicted octanol–water partition coefficient (Wildman–Crippen LogP) is 2.68. The molecule has 0 aliphatic rings. The molecule has 6 heteroatoms. The Balaban J connectivity index is 1.94. The molecule has 0 radical (unpaired) electrons. The summed E-state index contributed by atoms with van der Waals surface area (Å²) in [5.41, 5.74) is 0. The number of nitrogens with zero attached hydrogens (tertiary/aromatic N) is 1. The second kappa shape index (κ2) is 5.99. The molecule has 102 valence electrons. The lowest BCUT2D eigenvalue weighted by Crippen LogP contribution is -2.16. The van der Waals surface area contributed by atoms with Crippen molar-refractivity contribution in [1.29, 1.82) is 0 Å². The Kier molecular flexibility index (Phi) is 4.34. The Bertz CT molecular complexity index is 562. The third-order valence-corrected chi connectivity index (χ3v) is 3.60. The van der Waals surface area contributed by atoms with E-state index in [1.54, 1.807) is 23.5 Å². The number of rotatable bonds is 5. The SMILES string of the molecule is COC(=O)c1ccc(C(C)NCc2cnc(C)s2)o1. The second-order valence-electron chi connectivity index (χ2n) is 4.14. The Hall–Kier alpha value is -1.66. The highest BCUT2D eigenvalue weighted by molar-refractivity contribution is 7.11. The van der Waals surface area contributed by atoms with Gasteiger partial charge in [-0.05, 0) is 26.0 Å². The van der Waals surface area contributed by atoms with Crippen molar-refractivity contribution in [2.24, 2.45) is 0 Å². The van der Waals surface area contributed by atoms with Crippen LogP contribution in [0.15, 0.2) is 22.7 Å². The molecule has 0 saturated carbocycles.